The Kier molecular flexibility index (Phi) is 5.91. The molecule has 0 aliphatic rings. The number of hydrogen-bond donors (Lipinski definition) is 1. The van der Waals surface area contributed by atoms with Gasteiger partial charge in [0.05, 0.1) is 6.54 Å². The molecule has 5 heteroatoms. The van der Waals surface area contributed by atoms with Crippen molar-refractivity contribution in [1.82, 2.24) is 14.7 Å². The maximum Gasteiger partial charge on any atom is 0.224 e. The number of hydrogen-bond acceptors (Lipinski definition) is 3. The predicted molar refractivity (Wildman–Crippen MR) is 107 cm³/mol. The third kappa shape index (κ3) is 4.03. The number of amides is 1. The van der Waals surface area contributed by atoms with Gasteiger partial charge in [0.25, 0.3) is 0 Å². The molecule has 3 rings (SSSR count). The molecule has 0 spiro atoms. The van der Waals surface area contributed by atoms with Crippen LogP contribution in [0.4, 0.5) is 0 Å². The number of aromatic hydroxyl groups is 1. The molecule has 0 aliphatic carbocycles. The zero-order chi connectivity index (χ0) is 19.2. The number of aryl methyl sites for hydroxylation is 1. The monoisotopic (exact) mass is 363 g/mol. The zero-order valence-corrected chi connectivity index (χ0v) is 15.8. The van der Waals surface area contributed by atoms with E-state index in [4.69, 9.17) is 0 Å². The second-order valence-electron chi connectivity index (χ2n) is 6.32. The van der Waals surface area contributed by atoms with Crippen LogP contribution in [0.5, 0.6) is 5.75 Å². The van der Waals surface area contributed by atoms with E-state index in [0.29, 0.717) is 37.4 Å². The fraction of sp³-hybridized carbons (Fsp3) is 0.273. The Bertz CT molecular complexity index is 885. The molecule has 5 nitrogen and oxygen atoms in total. The van der Waals surface area contributed by atoms with Crippen LogP contribution in [0, 0.1) is 0 Å². The fourth-order valence-electron chi connectivity index (χ4n) is 3.22. The average molecular weight is 363 g/mol. The highest BCUT2D eigenvalue weighted by atomic mass is 16.3. The topological polar surface area (TPSA) is 58.4 Å². The molecule has 3 aromatic rings. The molecule has 0 bridgehead atoms. The Morgan fingerprint density at radius 1 is 0.963 bits per heavy atom. The van der Waals surface area contributed by atoms with Crippen molar-refractivity contribution in [2.24, 2.45) is 0 Å². The van der Waals surface area contributed by atoms with Gasteiger partial charge in [-0.05, 0) is 13.8 Å². The summed E-state index contributed by atoms with van der Waals surface area (Å²) in [7, 11) is 0. The van der Waals surface area contributed by atoms with E-state index in [-0.39, 0.29) is 11.7 Å². The van der Waals surface area contributed by atoms with Crippen molar-refractivity contribution in [1.29, 1.82) is 0 Å². The molecule has 1 heterocycles. The van der Waals surface area contributed by atoms with Gasteiger partial charge in [0, 0.05) is 30.6 Å². The number of benzene rings is 2. The quantitative estimate of drug-likeness (QED) is 0.685. The molecule has 140 valence electrons. The summed E-state index contributed by atoms with van der Waals surface area (Å²) in [4.78, 5) is 14.2. The number of nitrogens with zero attached hydrogens (tertiary/aromatic N) is 3. The van der Waals surface area contributed by atoms with Crippen molar-refractivity contribution >= 4 is 5.91 Å². The summed E-state index contributed by atoms with van der Waals surface area (Å²) >= 11 is 0. The van der Waals surface area contributed by atoms with Gasteiger partial charge in [0.15, 0.2) is 5.75 Å². The molecule has 2 aromatic carbocycles. The molecule has 1 N–H and O–H groups in total. The van der Waals surface area contributed by atoms with E-state index in [2.05, 4.69) is 5.10 Å². The molecule has 0 unspecified atom stereocenters. The second-order valence-corrected chi connectivity index (χ2v) is 6.32. The molecule has 0 aliphatic heterocycles. The van der Waals surface area contributed by atoms with Gasteiger partial charge in [0.1, 0.15) is 11.4 Å². The highest BCUT2D eigenvalue weighted by Crippen LogP contribution is 2.37. The third-order valence-corrected chi connectivity index (χ3v) is 4.68. The molecule has 27 heavy (non-hydrogen) atoms. The first-order valence-electron chi connectivity index (χ1n) is 9.34. The van der Waals surface area contributed by atoms with Crippen molar-refractivity contribution in [3.63, 3.8) is 0 Å². The first kappa shape index (κ1) is 18.7. The summed E-state index contributed by atoms with van der Waals surface area (Å²) < 4.78 is 1.74. The van der Waals surface area contributed by atoms with Crippen molar-refractivity contribution in [2.45, 2.75) is 26.8 Å². The van der Waals surface area contributed by atoms with Gasteiger partial charge in [-0.2, -0.15) is 5.10 Å². The van der Waals surface area contributed by atoms with Crippen molar-refractivity contribution in [2.75, 3.05) is 13.1 Å². The van der Waals surface area contributed by atoms with Crippen LogP contribution in [-0.4, -0.2) is 38.8 Å². The van der Waals surface area contributed by atoms with Gasteiger partial charge in [-0.25, -0.2) is 0 Å². The van der Waals surface area contributed by atoms with Gasteiger partial charge in [-0.3, -0.25) is 9.48 Å². The van der Waals surface area contributed by atoms with Gasteiger partial charge in [0.2, 0.25) is 5.91 Å². The summed E-state index contributed by atoms with van der Waals surface area (Å²) in [5, 5.41) is 15.5. The Hall–Kier alpha value is -3.08. The summed E-state index contributed by atoms with van der Waals surface area (Å²) in [5.74, 6) is 0.234. The summed E-state index contributed by atoms with van der Waals surface area (Å²) in [6.07, 6.45) is 0.344. The molecule has 0 saturated heterocycles. The standard InChI is InChI=1S/C22H25N3O2/c1-3-24(4-2)19(26)15-16-25-21(18-13-9-6-10-14-18)22(27)20(23-25)17-11-7-5-8-12-17/h5-14,27H,3-4,15-16H2,1-2H3. The van der Waals surface area contributed by atoms with E-state index in [9.17, 15) is 9.90 Å². The maximum absolute atomic E-state index is 12.4. The zero-order valence-electron chi connectivity index (χ0n) is 15.8. The fourth-order valence-corrected chi connectivity index (χ4v) is 3.22. The molecule has 0 atom stereocenters. The smallest absolute Gasteiger partial charge is 0.224 e. The summed E-state index contributed by atoms with van der Waals surface area (Å²) in [6, 6.07) is 19.3. The van der Waals surface area contributed by atoms with E-state index in [0.717, 1.165) is 11.1 Å². The molecule has 1 amide bonds. The van der Waals surface area contributed by atoms with Crippen molar-refractivity contribution < 1.29 is 9.90 Å². The van der Waals surface area contributed by atoms with Crippen LogP contribution in [0.1, 0.15) is 20.3 Å². The largest absolute Gasteiger partial charge is 0.504 e. The van der Waals surface area contributed by atoms with E-state index in [1.807, 2.05) is 79.4 Å². The van der Waals surface area contributed by atoms with Gasteiger partial charge in [-0.1, -0.05) is 60.7 Å². The highest BCUT2D eigenvalue weighted by Gasteiger charge is 2.21. The maximum atomic E-state index is 12.4. The van der Waals surface area contributed by atoms with Crippen molar-refractivity contribution in [3.8, 4) is 28.3 Å². The van der Waals surface area contributed by atoms with Crippen LogP contribution in [0.3, 0.4) is 0 Å². The summed E-state index contributed by atoms with van der Waals surface area (Å²) in [6.45, 7) is 5.76. The van der Waals surface area contributed by atoms with Gasteiger partial charge < -0.3 is 10.0 Å². The number of rotatable bonds is 7. The Morgan fingerprint density at radius 2 is 1.52 bits per heavy atom. The lowest BCUT2D eigenvalue weighted by Crippen LogP contribution is -2.31. The molecular weight excluding hydrogens is 338 g/mol. The number of carbonyl (C=O) groups excluding carboxylic acids is 1. The van der Waals surface area contributed by atoms with Crippen LogP contribution in [0.15, 0.2) is 60.7 Å². The predicted octanol–water partition coefficient (Wildman–Crippen LogP) is 4.18. The minimum Gasteiger partial charge on any atom is -0.504 e. The Labute approximate surface area is 159 Å². The van der Waals surface area contributed by atoms with Crippen LogP contribution in [0.25, 0.3) is 22.5 Å². The Morgan fingerprint density at radius 3 is 2.07 bits per heavy atom. The summed E-state index contributed by atoms with van der Waals surface area (Å²) in [5.41, 5.74) is 2.90. The lowest BCUT2D eigenvalue weighted by Gasteiger charge is -2.18. The average Bonchev–Trinajstić information content (AvgIpc) is 3.05. The first-order valence-corrected chi connectivity index (χ1v) is 9.34. The number of carbonyl (C=O) groups is 1. The highest BCUT2D eigenvalue weighted by molar-refractivity contribution is 5.79. The van der Waals surface area contributed by atoms with E-state index in [1.54, 1.807) is 4.68 Å². The normalized spacial score (nSPS) is 10.7. The molecule has 0 fully saturated rings. The van der Waals surface area contributed by atoms with Crippen molar-refractivity contribution in [3.05, 3.63) is 60.7 Å². The molecule has 1 aromatic heterocycles. The van der Waals surface area contributed by atoms with E-state index >= 15 is 0 Å². The van der Waals surface area contributed by atoms with Crippen LogP contribution < -0.4 is 0 Å². The van der Waals surface area contributed by atoms with E-state index in [1.165, 1.54) is 0 Å². The molecule has 0 saturated carbocycles. The molecular formula is C22H25N3O2. The third-order valence-electron chi connectivity index (χ3n) is 4.68. The van der Waals surface area contributed by atoms with E-state index < -0.39 is 0 Å². The lowest BCUT2D eigenvalue weighted by molar-refractivity contribution is -0.131. The first-order chi connectivity index (χ1) is 13.2. The Balaban J connectivity index is 1.98. The minimum atomic E-state index is 0.0928. The van der Waals surface area contributed by atoms with Crippen LogP contribution in [-0.2, 0) is 11.3 Å². The number of aromatic nitrogens is 2. The lowest BCUT2D eigenvalue weighted by atomic mass is 10.1. The second kappa shape index (κ2) is 8.54. The van der Waals surface area contributed by atoms with Crippen LogP contribution >= 0.6 is 0 Å². The molecule has 0 radical (unpaired) electrons. The van der Waals surface area contributed by atoms with Crippen LogP contribution in [0.2, 0.25) is 0 Å². The SMILES string of the molecule is CCN(CC)C(=O)CCn1nc(-c2ccccc2)c(O)c1-c1ccccc1. The minimum absolute atomic E-state index is 0.0928. The van der Waals surface area contributed by atoms with Gasteiger partial charge in [-0.15, -0.1) is 0 Å². The van der Waals surface area contributed by atoms with Gasteiger partial charge >= 0.3 is 0 Å².